The summed E-state index contributed by atoms with van der Waals surface area (Å²) >= 11 is 6.36. The average Bonchev–Trinajstić information content (AvgIpc) is 3.52. The minimum Gasteiger partial charge on any atom is -0.495 e. The molecule has 0 fully saturated rings. The zero-order chi connectivity index (χ0) is 23.5. The molecular weight excluding hydrogens is 456 g/mol. The van der Waals surface area contributed by atoms with Crippen LogP contribution in [0.4, 0.5) is 17.3 Å². The van der Waals surface area contributed by atoms with Crippen LogP contribution in [0.3, 0.4) is 0 Å². The van der Waals surface area contributed by atoms with Crippen LogP contribution >= 0.6 is 11.6 Å². The Balaban J connectivity index is 1.31. The second-order valence-corrected chi connectivity index (χ2v) is 8.32. The molecule has 1 atom stereocenters. The van der Waals surface area contributed by atoms with Crippen LogP contribution in [-0.2, 0) is 13.0 Å². The molecule has 5 rings (SSSR count). The van der Waals surface area contributed by atoms with Crippen molar-refractivity contribution >= 4 is 28.9 Å². The molecule has 1 aliphatic rings. The molecular formula is C23H23ClN8O2. The van der Waals surface area contributed by atoms with E-state index < -0.39 is 0 Å². The zero-order valence-electron chi connectivity index (χ0n) is 18.7. The maximum Gasteiger partial charge on any atom is 0.227 e. The first kappa shape index (κ1) is 21.9. The topological polar surface area (TPSA) is 112 Å². The van der Waals surface area contributed by atoms with E-state index in [-0.39, 0.29) is 6.10 Å². The highest BCUT2D eigenvalue weighted by molar-refractivity contribution is 6.32. The first-order valence-electron chi connectivity index (χ1n) is 10.8. The fourth-order valence-corrected chi connectivity index (χ4v) is 3.97. The molecule has 0 amide bonds. The van der Waals surface area contributed by atoms with Crippen LogP contribution in [0.2, 0.25) is 5.02 Å². The highest BCUT2D eigenvalue weighted by Crippen LogP contribution is 2.36. The van der Waals surface area contributed by atoms with E-state index >= 15 is 0 Å². The zero-order valence-corrected chi connectivity index (χ0v) is 19.5. The van der Waals surface area contributed by atoms with Crippen molar-refractivity contribution in [3.05, 3.63) is 59.6 Å². The molecule has 0 spiro atoms. The molecule has 34 heavy (non-hydrogen) atoms. The lowest BCUT2D eigenvalue weighted by Gasteiger charge is -2.16. The first-order chi connectivity index (χ1) is 16.6. The van der Waals surface area contributed by atoms with Gasteiger partial charge < -0.3 is 20.1 Å². The third-order valence-corrected chi connectivity index (χ3v) is 5.77. The highest BCUT2D eigenvalue weighted by Gasteiger charge is 2.16. The maximum atomic E-state index is 6.36. The van der Waals surface area contributed by atoms with E-state index in [9.17, 15) is 0 Å². The summed E-state index contributed by atoms with van der Waals surface area (Å²) in [6.45, 7) is 3.35. The smallest absolute Gasteiger partial charge is 0.227 e. The third kappa shape index (κ3) is 4.72. The van der Waals surface area contributed by atoms with Gasteiger partial charge in [0.25, 0.3) is 0 Å². The van der Waals surface area contributed by atoms with E-state index in [2.05, 4.69) is 36.1 Å². The second-order valence-electron chi connectivity index (χ2n) is 7.91. The summed E-state index contributed by atoms with van der Waals surface area (Å²) < 4.78 is 13.2. The number of hydrogen-bond acceptors (Lipinski definition) is 9. The predicted octanol–water partition coefficient (Wildman–Crippen LogP) is 3.97. The number of benzene rings is 2. The van der Waals surface area contributed by atoms with Gasteiger partial charge in [-0.25, -0.2) is 14.6 Å². The van der Waals surface area contributed by atoms with Crippen LogP contribution in [0.25, 0.3) is 11.1 Å². The maximum absolute atomic E-state index is 6.36. The molecule has 10 nitrogen and oxygen atoms in total. The highest BCUT2D eigenvalue weighted by atomic mass is 35.5. The largest absolute Gasteiger partial charge is 0.495 e. The van der Waals surface area contributed by atoms with Crippen molar-refractivity contribution in [2.45, 2.75) is 26.0 Å². The Labute approximate surface area is 201 Å². The van der Waals surface area contributed by atoms with Gasteiger partial charge in [-0.2, -0.15) is 0 Å². The van der Waals surface area contributed by atoms with Gasteiger partial charge >= 0.3 is 0 Å². The summed E-state index contributed by atoms with van der Waals surface area (Å²) in [5.41, 5.74) is 4.87. The summed E-state index contributed by atoms with van der Waals surface area (Å²) in [7, 11) is 1.66. The summed E-state index contributed by atoms with van der Waals surface area (Å²) in [6, 6.07) is 9.64. The molecule has 2 aromatic heterocycles. The van der Waals surface area contributed by atoms with E-state index in [4.69, 9.17) is 21.1 Å². The van der Waals surface area contributed by atoms with Gasteiger partial charge in [-0.1, -0.05) is 17.7 Å². The van der Waals surface area contributed by atoms with Gasteiger partial charge in [0.2, 0.25) is 5.95 Å². The molecule has 3 heterocycles. The third-order valence-electron chi connectivity index (χ3n) is 5.46. The van der Waals surface area contributed by atoms with Gasteiger partial charge in [-0.05, 0) is 59.2 Å². The van der Waals surface area contributed by atoms with Crippen molar-refractivity contribution in [3.63, 3.8) is 0 Å². The Morgan fingerprint density at radius 3 is 2.76 bits per heavy atom. The van der Waals surface area contributed by atoms with Crippen molar-refractivity contribution < 1.29 is 9.47 Å². The Hall–Kier alpha value is -3.92. The van der Waals surface area contributed by atoms with Gasteiger partial charge in [0.1, 0.15) is 23.9 Å². The summed E-state index contributed by atoms with van der Waals surface area (Å²) in [4.78, 5) is 8.97. The molecule has 0 unspecified atom stereocenters. The standard InChI is InChI=1S/C23H23ClN8O2/c1-14(12-32-13-28-30-31-32)34-21-7-15(3-4-18(21)24)17-10-26-23(27-11-17)29-20-9-19-16(5-6-25-19)8-22(20)33-2/h3-4,7-11,13-14,25H,5-6,12H2,1-2H3,(H,26,27,29)/t14-/m0/s1. The molecule has 0 saturated heterocycles. The van der Waals surface area contributed by atoms with E-state index in [1.54, 1.807) is 36.6 Å². The van der Waals surface area contributed by atoms with Crippen LogP contribution in [-0.4, -0.2) is 49.9 Å². The number of nitrogens with zero attached hydrogens (tertiary/aromatic N) is 6. The van der Waals surface area contributed by atoms with Crippen molar-refractivity contribution in [2.24, 2.45) is 0 Å². The molecule has 4 aromatic rings. The molecule has 174 valence electrons. The lowest BCUT2D eigenvalue weighted by atomic mass is 10.1. The number of hydrogen-bond donors (Lipinski definition) is 2. The van der Waals surface area contributed by atoms with Gasteiger partial charge in [0.05, 0.1) is 24.4 Å². The fraction of sp³-hybridized carbons (Fsp3) is 0.261. The first-order valence-corrected chi connectivity index (χ1v) is 11.2. The van der Waals surface area contributed by atoms with E-state index in [1.807, 2.05) is 31.2 Å². The number of ether oxygens (including phenoxy) is 2. The van der Waals surface area contributed by atoms with Gasteiger partial charge in [-0.3, -0.25) is 0 Å². The Morgan fingerprint density at radius 1 is 1.15 bits per heavy atom. The summed E-state index contributed by atoms with van der Waals surface area (Å²) in [5.74, 6) is 1.79. The molecule has 0 radical (unpaired) electrons. The number of fused-ring (bicyclic) bond motifs is 1. The predicted molar refractivity (Wildman–Crippen MR) is 129 cm³/mol. The SMILES string of the molecule is COc1cc2c(cc1Nc1ncc(-c3ccc(Cl)c(O[C@@H](C)Cn4cnnn4)c3)cn1)NCC2. The lowest BCUT2D eigenvalue weighted by Crippen LogP contribution is -2.20. The monoisotopic (exact) mass is 478 g/mol. The Bertz CT molecular complexity index is 1280. The van der Waals surface area contributed by atoms with Crippen LogP contribution in [0, 0.1) is 0 Å². The van der Waals surface area contributed by atoms with Gasteiger partial charge in [0, 0.05) is 30.2 Å². The van der Waals surface area contributed by atoms with E-state index in [0.717, 1.165) is 41.2 Å². The van der Waals surface area contributed by atoms with Crippen LogP contribution in [0.1, 0.15) is 12.5 Å². The minimum absolute atomic E-state index is 0.184. The summed E-state index contributed by atoms with van der Waals surface area (Å²) in [5, 5.41) is 18.3. The minimum atomic E-state index is -0.184. The molecule has 2 N–H and O–H groups in total. The van der Waals surface area contributed by atoms with Crippen molar-refractivity contribution in [2.75, 3.05) is 24.3 Å². The van der Waals surface area contributed by atoms with Crippen LogP contribution in [0.15, 0.2) is 49.1 Å². The molecule has 0 aliphatic carbocycles. The van der Waals surface area contributed by atoms with Crippen molar-refractivity contribution in [3.8, 4) is 22.6 Å². The Kier molecular flexibility index (Phi) is 6.13. The number of tetrazole rings is 1. The van der Waals surface area contributed by atoms with E-state index in [1.165, 1.54) is 5.56 Å². The molecule has 2 aromatic carbocycles. The van der Waals surface area contributed by atoms with Crippen LogP contribution in [0.5, 0.6) is 11.5 Å². The number of nitrogens with one attached hydrogen (secondary N) is 2. The van der Waals surface area contributed by atoms with E-state index in [0.29, 0.717) is 23.3 Å². The normalized spacial score (nSPS) is 13.1. The molecule has 0 bridgehead atoms. The van der Waals surface area contributed by atoms with Crippen molar-refractivity contribution in [1.29, 1.82) is 0 Å². The molecule has 1 aliphatic heterocycles. The number of methoxy groups -OCH3 is 1. The molecule has 11 heteroatoms. The Morgan fingerprint density at radius 2 is 2.00 bits per heavy atom. The lowest BCUT2D eigenvalue weighted by molar-refractivity contribution is 0.193. The molecule has 0 saturated carbocycles. The average molecular weight is 479 g/mol. The van der Waals surface area contributed by atoms with Crippen LogP contribution < -0.4 is 20.1 Å². The number of aromatic nitrogens is 6. The second kappa shape index (κ2) is 9.52. The quantitative estimate of drug-likeness (QED) is 0.388. The van der Waals surface area contributed by atoms with Crippen molar-refractivity contribution in [1.82, 2.24) is 30.2 Å². The van der Waals surface area contributed by atoms with Gasteiger partial charge in [-0.15, -0.1) is 5.10 Å². The summed E-state index contributed by atoms with van der Waals surface area (Å²) in [6.07, 6.45) is 5.85. The fourth-order valence-electron chi connectivity index (χ4n) is 3.81. The number of halogens is 1. The van der Waals surface area contributed by atoms with Gasteiger partial charge in [0.15, 0.2) is 0 Å². The number of anilines is 3. The number of rotatable bonds is 8.